The number of carboxylic acids is 1. The normalized spacial score (nSPS) is 14.6. The lowest BCUT2D eigenvalue weighted by atomic mass is 10.0. The molecule has 0 saturated heterocycles. The Balaban J connectivity index is 2.15. The molecule has 0 spiro atoms. The summed E-state index contributed by atoms with van der Waals surface area (Å²) >= 11 is 0. The quantitative estimate of drug-likeness (QED) is 0.194. The zero-order valence-electron chi connectivity index (χ0n) is 19.5. The monoisotopic (exact) mass is 474 g/mol. The summed E-state index contributed by atoms with van der Waals surface area (Å²) in [6.45, 7) is 3.26. The predicted octanol–water partition coefficient (Wildman–Crippen LogP) is -0.254. The number of carbonyl (C=O) groups is 4. The third-order valence-electron chi connectivity index (χ3n) is 5.52. The summed E-state index contributed by atoms with van der Waals surface area (Å²) in [7, 11) is 0. The van der Waals surface area contributed by atoms with Crippen molar-refractivity contribution in [3.05, 3.63) is 36.0 Å². The number of H-pyrrole nitrogens is 1. The molecule has 0 aliphatic heterocycles. The van der Waals surface area contributed by atoms with Gasteiger partial charge in [-0.15, -0.1) is 0 Å². The van der Waals surface area contributed by atoms with E-state index in [4.69, 9.17) is 16.6 Å². The molecular formula is C23H34N6O5. The van der Waals surface area contributed by atoms with Gasteiger partial charge in [-0.1, -0.05) is 24.6 Å². The van der Waals surface area contributed by atoms with Crippen LogP contribution in [0.1, 0.15) is 38.7 Å². The average molecular weight is 475 g/mol. The zero-order chi connectivity index (χ0) is 25.3. The van der Waals surface area contributed by atoms with Crippen LogP contribution in [0.25, 0.3) is 10.9 Å². The number of rotatable bonds is 13. The van der Waals surface area contributed by atoms with E-state index in [1.807, 2.05) is 24.3 Å². The number of aromatic amines is 1. The second-order valence-electron chi connectivity index (χ2n) is 8.31. The molecule has 0 bridgehead atoms. The number of benzene rings is 1. The highest BCUT2D eigenvalue weighted by atomic mass is 16.4. The summed E-state index contributed by atoms with van der Waals surface area (Å²) in [4.78, 5) is 52.1. The Kier molecular flexibility index (Phi) is 10.0. The zero-order valence-corrected chi connectivity index (χ0v) is 19.5. The summed E-state index contributed by atoms with van der Waals surface area (Å²) in [5, 5.41) is 17.4. The van der Waals surface area contributed by atoms with Crippen molar-refractivity contribution < 1.29 is 24.3 Å². The van der Waals surface area contributed by atoms with Gasteiger partial charge < -0.3 is 37.5 Å². The van der Waals surface area contributed by atoms with E-state index in [-0.39, 0.29) is 6.42 Å². The van der Waals surface area contributed by atoms with Crippen LogP contribution in [0.15, 0.2) is 30.5 Å². The Bertz CT molecular complexity index is 1010. The Morgan fingerprint density at radius 3 is 2.32 bits per heavy atom. The third-order valence-corrected chi connectivity index (χ3v) is 5.52. The molecule has 11 nitrogen and oxygen atoms in total. The number of unbranched alkanes of at least 4 members (excludes halogenated alkanes) is 1. The molecule has 0 aliphatic rings. The number of nitrogens with two attached hydrogens (primary N) is 2. The highest BCUT2D eigenvalue weighted by molar-refractivity contribution is 5.94. The molecule has 2 aromatic rings. The van der Waals surface area contributed by atoms with Gasteiger partial charge in [0.25, 0.3) is 0 Å². The average Bonchev–Trinajstić information content (AvgIpc) is 3.21. The van der Waals surface area contributed by atoms with Crippen molar-refractivity contribution in [3.63, 3.8) is 0 Å². The molecule has 34 heavy (non-hydrogen) atoms. The molecule has 0 radical (unpaired) electrons. The highest BCUT2D eigenvalue weighted by Gasteiger charge is 2.28. The van der Waals surface area contributed by atoms with Crippen LogP contribution in [0.2, 0.25) is 0 Å². The minimum Gasteiger partial charge on any atom is -0.480 e. The number of aliphatic carboxylic acids is 1. The standard InChI is InChI=1S/C23H34N6O5/c1-13(20(30)28-14(2)23(33)34)27-22(32)19(29-21(31)17(25)8-5-6-10-24)11-15-12-26-18-9-4-3-7-16(15)18/h3-4,7,9,12-14,17,19,26H,5-6,8,10-11,24-25H2,1-2H3,(H,27,32)(H,28,30)(H,29,31)(H,33,34). The second kappa shape index (κ2) is 12.7. The first-order valence-electron chi connectivity index (χ1n) is 11.3. The molecule has 11 heteroatoms. The molecule has 9 N–H and O–H groups in total. The van der Waals surface area contributed by atoms with Crippen LogP contribution in [0.4, 0.5) is 0 Å². The number of amides is 3. The van der Waals surface area contributed by atoms with Crippen molar-refractivity contribution in [3.8, 4) is 0 Å². The van der Waals surface area contributed by atoms with Gasteiger partial charge in [0.2, 0.25) is 17.7 Å². The van der Waals surface area contributed by atoms with Gasteiger partial charge in [-0.25, -0.2) is 0 Å². The lowest BCUT2D eigenvalue weighted by Crippen LogP contribution is -2.56. The van der Waals surface area contributed by atoms with Gasteiger partial charge in [0, 0.05) is 23.5 Å². The van der Waals surface area contributed by atoms with Gasteiger partial charge in [0.15, 0.2) is 0 Å². The van der Waals surface area contributed by atoms with Gasteiger partial charge in [0.05, 0.1) is 6.04 Å². The van der Waals surface area contributed by atoms with Crippen molar-refractivity contribution in [1.29, 1.82) is 0 Å². The van der Waals surface area contributed by atoms with Crippen LogP contribution < -0.4 is 27.4 Å². The number of para-hydroxylation sites is 1. The smallest absolute Gasteiger partial charge is 0.325 e. The van der Waals surface area contributed by atoms with Crippen molar-refractivity contribution in [1.82, 2.24) is 20.9 Å². The Morgan fingerprint density at radius 1 is 0.971 bits per heavy atom. The first-order chi connectivity index (χ1) is 16.1. The van der Waals surface area contributed by atoms with Gasteiger partial charge in [-0.3, -0.25) is 19.2 Å². The van der Waals surface area contributed by atoms with E-state index < -0.39 is 47.9 Å². The van der Waals surface area contributed by atoms with Crippen molar-refractivity contribution in [2.45, 2.75) is 63.7 Å². The summed E-state index contributed by atoms with van der Waals surface area (Å²) in [6.07, 6.45) is 3.78. The minimum absolute atomic E-state index is 0.164. The van der Waals surface area contributed by atoms with E-state index in [0.717, 1.165) is 22.9 Å². The van der Waals surface area contributed by atoms with E-state index >= 15 is 0 Å². The molecule has 0 saturated carbocycles. The summed E-state index contributed by atoms with van der Waals surface area (Å²) in [5.41, 5.74) is 13.2. The number of carbonyl (C=O) groups excluding carboxylic acids is 3. The summed E-state index contributed by atoms with van der Waals surface area (Å²) in [6, 6.07) is 3.62. The number of hydrogen-bond donors (Lipinski definition) is 7. The number of hydrogen-bond acceptors (Lipinski definition) is 6. The fourth-order valence-corrected chi connectivity index (χ4v) is 3.43. The molecule has 186 valence electrons. The molecule has 4 unspecified atom stereocenters. The maximum Gasteiger partial charge on any atom is 0.325 e. The summed E-state index contributed by atoms with van der Waals surface area (Å²) < 4.78 is 0. The lowest BCUT2D eigenvalue weighted by Gasteiger charge is -2.23. The SMILES string of the molecule is CC(NC(=O)C(C)NC(=O)C(Cc1c[nH]c2ccccc12)NC(=O)C(N)CCCCN)C(=O)O. The second-order valence-corrected chi connectivity index (χ2v) is 8.31. The molecule has 1 heterocycles. The van der Waals surface area contributed by atoms with Crippen molar-refractivity contribution in [2.75, 3.05) is 6.54 Å². The lowest BCUT2D eigenvalue weighted by molar-refractivity contribution is -0.141. The molecular weight excluding hydrogens is 440 g/mol. The summed E-state index contributed by atoms with van der Waals surface area (Å²) in [5.74, 6) is -2.91. The van der Waals surface area contributed by atoms with E-state index in [1.54, 1.807) is 6.20 Å². The highest BCUT2D eigenvalue weighted by Crippen LogP contribution is 2.19. The van der Waals surface area contributed by atoms with E-state index in [9.17, 15) is 19.2 Å². The predicted molar refractivity (Wildman–Crippen MR) is 128 cm³/mol. The number of aromatic nitrogens is 1. The fourth-order valence-electron chi connectivity index (χ4n) is 3.43. The largest absolute Gasteiger partial charge is 0.480 e. The van der Waals surface area contributed by atoms with Crippen LogP contribution in [0, 0.1) is 0 Å². The van der Waals surface area contributed by atoms with Crippen LogP contribution >= 0.6 is 0 Å². The van der Waals surface area contributed by atoms with Crippen molar-refractivity contribution in [2.24, 2.45) is 11.5 Å². The minimum atomic E-state index is -1.19. The maximum atomic E-state index is 13.1. The molecule has 3 amide bonds. The molecule has 1 aromatic carbocycles. The molecule has 0 aliphatic carbocycles. The van der Waals surface area contributed by atoms with E-state index in [2.05, 4.69) is 20.9 Å². The fraction of sp³-hybridized carbons (Fsp3) is 0.478. The van der Waals surface area contributed by atoms with Gasteiger partial charge in [-0.2, -0.15) is 0 Å². The first kappa shape index (κ1) is 26.8. The number of carboxylic acid groups (broad SMARTS) is 1. The van der Waals surface area contributed by atoms with E-state index in [1.165, 1.54) is 13.8 Å². The molecule has 4 atom stereocenters. The Hall–Kier alpha value is -3.44. The third kappa shape index (κ3) is 7.56. The van der Waals surface area contributed by atoms with Crippen LogP contribution in [-0.4, -0.2) is 64.5 Å². The van der Waals surface area contributed by atoms with Crippen LogP contribution in [0.3, 0.4) is 0 Å². The van der Waals surface area contributed by atoms with Gasteiger partial charge in [0.1, 0.15) is 18.1 Å². The van der Waals surface area contributed by atoms with Crippen LogP contribution in [-0.2, 0) is 25.6 Å². The van der Waals surface area contributed by atoms with Gasteiger partial charge >= 0.3 is 5.97 Å². The number of nitrogens with one attached hydrogen (secondary N) is 4. The molecule has 1 aromatic heterocycles. The Labute approximate surface area is 198 Å². The molecule has 2 rings (SSSR count). The van der Waals surface area contributed by atoms with Crippen molar-refractivity contribution >= 4 is 34.6 Å². The first-order valence-corrected chi connectivity index (χ1v) is 11.3. The Morgan fingerprint density at radius 2 is 1.65 bits per heavy atom. The topological polar surface area (TPSA) is 192 Å². The van der Waals surface area contributed by atoms with Gasteiger partial charge in [-0.05, 0) is 44.9 Å². The van der Waals surface area contributed by atoms with E-state index in [0.29, 0.717) is 19.4 Å². The number of fused-ring (bicyclic) bond motifs is 1. The molecule has 0 fully saturated rings. The maximum absolute atomic E-state index is 13.1. The van der Waals surface area contributed by atoms with Crippen LogP contribution in [0.5, 0.6) is 0 Å².